The molecule has 0 heterocycles. The predicted molar refractivity (Wildman–Crippen MR) is 129 cm³/mol. The molecule has 0 aliphatic heterocycles. The highest BCUT2D eigenvalue weighted by Gasteiger charge is 2.15. The Kier molecular flexibility index (Phi) is 9.83. The fourth-order valence-electron chi connectivity index (χ4n) is 4.27. The normalized spacial score (nSPS) is 15.6. The number of esters is 1. The second-order valence-electron chi connectivity index (χ2n) is 8.65. The van der Waals surface area contributed by atoms with Crippen LogP contribution in [0.15, 0.2) is 54.6 Å². The fraction of sp³-hybridized carbons (Fsp3) is 0.464. The molecule has 0 bridgehead atoms. The fourth-order valence-corrected chi connectivity index (χ4v) is 4.27. The Morgan fingerprint density at radius 2 is 1.81 bits per heavy atom. The zero-order chi connectivity index (χ0) is 22.6. The highest BCUT2D eigenvalue weighted by atomic mass is 16.5. The van der Waals surface area contributed by atoms with E-state index in [2.05, 4.69) is 29.0 Å². The van der Waals surface area contributed by atoms with E-state index >= 15 is 0 Å². The molecule has 1 saturated carbocycles. The van der Waals surface area contributed by atoms with Crippen LogP contribution in [0.4, 0.5) is 0 Å². The number of carbonyl (C=O) groups is 1. The SMILES string of the molecule is COC(=O)CCCCC(O)C=Cc1ccccc1OCc1ccc(C2CCCCC2)cc1. The zero-order valence-electron chi connectivity index (χ0n) is 19.2. The van der Waals surface area contributed by atoms with Gasteiger partial charge in [0.05, 0.1) is 13.2 Å². The molecule has 0 spiro atoms. The maximum absolute atomic E-state index is 11.1. The molecule has 0 amide bonds. The van der Waals surface area contributed by atoms with Crippen molar-refractivity contribution in [3.63, 3.8) is 0 Å². The van der Waals surface area contributed by atoms with Gasteiger partial charge in [0.1, 0.15) is 12.4 Å². The minimum Gasteiger partial charge on any atom is -0.488 e. The van der Waals surface area contributed by atoms with Crippen molar-refractivity contribution < 1.29 is 19.4 Å². The third-order valence-electron chi connectivity index (χ3n) is 6.23. The molecule has 0 aromatic heterocycles. The molecule has 0 radical (unpaired) electrons. The third kappa shape index (κ3) is 7.83. The molecule has 0 saturated heterocycles. The lowest BCUT2D eigenvalue weighted by molar-refractivity contribution is -0.140. The van der Waals surface area contributed by atoms with Gasteiger partial charge in [-0.3, -0.25) is 4.79 Å². The van der Waals surface area contributed by atoms with Crippen LogP contribution in [0.3, 0.4) is 0 Å². The summed E-state index contributed by atoms with van der Waals surface area (Å²) >= 11 is 0. The average Bonchev–Trinajstić information content (AvgIpc) is 2.85. The smallest absolute Gasteiger partial charge is 0.305 e. The lowest BCUT2D eigenvalue weighted by Gasteiger charge is -2.22. The van der Waals surface area contributed by atoms with Crippen LogP contribution < -0.4 is 4.74 Å². The van der Waals surface area contributed by atoms with Crippen LogP contribution in [0.1, 0.15) is 80.4 Å². The molecule has 1 unspecified atom stereocenters. The average molecular weight is 437 g/mol. The summed E-state index contributed by atoms with van der Waals surface area (Å²) in [5.41, 5.74) is 3.56. The maximum Gasteiger partial charge on any atom is 0.305 e. The van der Waals surface area contributed by atoms with Crippen molar-refractivity contribution in [1.29, 1.82) is 0 Å². The van der Waals surface area contributed by atoms with E-state index in [1.165, 1.54) is 44.8 Å². The van der Waals surface area contributed by atoms with Crippen molar-refractivity contribution in [2.24, 2.45) is 0 Å². The van der Waals surface area contributed by atoms with Gasteiger partial charge in [-0.2, -0.15) is 0 Å². The van der Waals surface area contributed by atoms with Crippen molar-refractivity contribution >= 4 is 12.0 Å². The van der Waals surface area contributed by atoms with Crippen LogP contribution in [0.25, 0.3) is 6.08 Å². The Morgan fingerprint density at radius 1 is 1.06 bits per heavy atom. The van der Waals surface area contributed by atoms with E-state index in [4.69, 9.17) is 4.74 Å². The van der Waals surface area contributed by atoms with Gasteiger partial charge in [0.25, 0.3) is 0 Å². The van der Waals surface area contributed by atoms with Gasteiger partial charge in [0, 0.05) is 12.0 Å². The number of methoxy groups -OCH3 is 1. The number of benzene rings is 2. The van der Waals surface area contributed by atoms with Crippen LogP contribution in [0.5, 0.6) is 5.75 Å². The topological polar surface area (TPSA) is 55.8 Å². The first-order chi connectivity index (χ1) is 15.7. The van der Waals surface area contributed by atoms with E-state index in [9.17, 15) is 9.90 Å². The summed E-state index contributed by atoms with van der Waals surface area (Å²) in [6.45, 7) is 0.520. The van der Waals surface area contributed by atoms with Crippen LogP contribution in [-0.4, -0.2) is 24.3 Å². The molecule has 2 aromatic rings. The van der Waals surface area contributed by atoms with E-state index in [0.717, 1.165) is 35.6 Å². The quantitative estimate of drug-likeness (QED) is 0.326. The first-order valence-electron chi connectivity index (χ1n) is 11.9. The van der Waals surface area contributed by atoms with Gasteiger partial charge < -0.3 is 14.6 Å². The number of para-hydroxylation sites is 1. The molecule has 3 rings (SSSR count). The second kappa shape index (κ2) is 13.1. The molecule has 1 aliphatic carbocycles. The predicted octanol–water partition coefficient (Wildman–Crippen LogP) is 6.42. The second-order valence-corrected chi connectivity index (χ2v) is 8.65. The first kappa shape index (κ1) is 24.1. The lowest BCUT2D eigenvalue weighted by atomic mass is 9.84. The Hall–Kier alpha value is -2.59. The number of unbranched alkanes of at least 4 members (excludes halogenated alkanes) is 1. The highest BCUT2D eigenvalue weighted by Crippen LogP contribution is 2.32. The molecular formula is C28H36O4. The van der Waals surface area contributed by atoms with Gasteiger partial charge in [-0.15, -0.1) is 0 Å². The van der Waals surface area contributed by atoms with E-state index < -0.39 is 6.10 Å². The van der Waals surface area contributed by atoms with Gasteiger partial charge in [-0.25, -0.2) is 0 Å². The van der Waals surface area contributed by atoms with Gasteiger partial charge in [-0.1, -0.05) is 73.9 Å². The molecule has 1 N–H and O–H groups in total. The first-order valence-corrected chi connectivity index (χ1v) is 11.9. The Labute approximate surface area is 192 Å². The highest BCUT2D eigenvalue weighted by molar-refractivity contribution is 5.69. The molecule has 1 fully saturated rings. The van der Waals surface area contributed by atoms with E-state index in [1.807, 2.05) is 30.3 Å². The summed E-state index contributed by atoms with van der Waals surface area (Å²) in [6, 6.07) is 16.8. The molecule has 32 heavy (non-hydrogen) atoms. The molecule has 1 aliphatic rings. The Balaban J connectivity index is 1.49. The van der Waals surface area contributed by atoms with E-state index in [-0.39, 0.29) is 5.97 Å². The number of rotatable bonds is 11. The van der Waals surface area contributed by atoms with Crippen LogP contribution in [-0.2, 0) is 16.1 Å². The minimum atomic E-state index is -0.548. The largest absolute Gasteiger partial charge is 0.488 e. The molecular weight excluding hydrogens is 400 g/mol. The summed E-state index contributed by atoms with van der Waals surface area (Å²) in [6.07, 6.45) is 12.4. The summed E-state index contributed by atoms with van der Waals surface area (Å²) in [7, 11) is 1.39. The zero-order valence-corrected chi connectivity index (χ0v) is 19.2. The Bertz CT molecular complexity index is 850. The van der Waals surface area contributed by atoms with Gasteiger partial charge in [0.15, 0.2) is 0 Å². The van der Waals surface area contributed by atoms with Crippen molar-refractivity contribution in [1.82, 2.24) is 0 Å². The van der Waals surface area contributed by atoms with E-state index in [0.29, 0.717) is 19.4 Å². The number of aliphatic hydroxyl groups is 1. The van der Waals surface area contributed by atoms with Crippen LogP contribution in [0, 0.1) is 0 Å². The van der Waals surface area contributed by atoms with Gasteiger partial charge in [-0.05, 0) is 55.2 Å². The third-order valence-corrected chi connectivity index (χ3v) is 6.23. The summed E-state index contributed by atoms with van der Waals surface area (Å²) in [5, 5.41) is 10.2. The van der Waals surface area contributed by atoms with Crippen LogP contribution in [0.2, 0.25) is 0 Å². The number of ether oxygens (including phenoxy) is 2. The van der Waals surface area contributed by atoms with Crippen molar-refractivity contribution in [3.8, 4) is 5.75 Å². The molecule has 1 atom stereocenters. The van der Waals surface area contributed by atoms with E-state index in [1.54, 1.807) is 6.08 Å². The number of aliphatic hydroxyl groups excluding tert-OH is 1. The van der Waals surface area contributed by atoms with Gasteiger partial charge >= 0.3 is 5.97 Å². The Morgan fingerprint density at radius 3 is 2.56 bits per heavy atom. The molecule has 172 valence electrons. The summed E-state index contributed by atoms with van der Waals surface area (Å²) in [5.74, 6) is 1.32. The molecule has 4 nitrogen and oxygen atoms in total. The standard InChI is InChI=1S/C28H36O4/c1-31-28(30)14-8-6-12-26(29)20-19-25-11-5-7-13-27(25)32-21-22-15-17-24(18-16-22)23-9-3-2-4-10-23/h5,7,11,13,15-20,23,26,29H,2-4,6,8-10,12,14,21H2,1H3. The van der Waals surface area contributed by atoms with Crippen molar-refractivity contribution in [2.45, 2.75) is 76.4 Å². The van der Waals surface area contributed by atoms with Crippen molar-refractivity contribution in [2.75, 3.05) is 7.11 Å². The number of hydrogen-bond donors (Lipinski definition) is 1. The van der Waals surface area contributed by atoms with Crippen LogP contribution >= 0.6 is 0 Å². The summed E-state index contributed by atoms with van der Waals surface area (Å²) in [4.78, 5) is 11.1. The van der Waals surface area contributed by atoms with Crippen molar-refractivity contribution in [3.05, 3.63) is 71.3 Å². The summed E-state index contributed by atoms with van der Waals surface area (Å²) < 4.78 is 10.7. The number of carbonyl (C=O) groups excluding carboxylic acids is 1. The minimum absolute atomic E-state index is 0.204. The monoisotopic (exact) mass is 436 g/mol. The van der Waals surface area contributed by atoms with Gasteiger partial charge in [0.2, 0.25) is 0 Å². The molecule has 2 aromatic carbocycles. The number of hydrogen-bond acceptors (Lipinski definition) is 4. The maximum atomic E-state index is 11.1. The molecule has 4 heteroatoms. The lowest BCUT2D eigenvalue weighted by Crippen LogP contribution is -2.05.